The summed E-state index contributed by atoms with van der Waals surface area (Å²) in [4.78, 5) is 30.9. The summed E-state index contributed by atoms with van der Waals surface area (Å²) < 4.78 is 0. The van der Waals surface area contributed by atoms with Crippen molar-refractivity contribution in [2.45, 2.75) is 18.9 Å². The molecule has 0 bridgehead atoms. The Hall–Kier alpha value is -1.63. The zero-order chi connectivity index (χ0) is 11.3. The number of carbonyl (C=O) groups is 3. The molecule has 0 aliphatic carbocycles. The molecule has 1 unspecified atom stereocenters. The lowest BCUT2D eigenvalue weighted by molar-refractivity contribution is -0.144. The fraction of sp³-hybridized carbons (Fsp3) is 0.571. The zero-order valence-electron chi connectivity index (χ0n) is 7.21. The molecule has 0 radical (unpaired) electrons. The van der Waals surface area contributed by atoms with Gasteiger partial charge >= 0.3 is 17.9 Å². The molecule has 80 valence electrons. The number of hydrogen-bond acceptors (Lipinski definition) is 4. The molecule has 14 heavy (non-hydrogen) atoms. The van der Waals surface area contributed by atoms with E-state index in [1.807, 2.05) is 0 Å². The Labute approximate surface area is 79.1 Å². The third kappa shape index (κ3) is 4.41. The van der Waals surface area contributed by atoms with Gasteiger partial charge in [-0.25, -0.2) is 0 Å². The van der Waals surface area contributed by atoms with E-state index in [2.05, 4.69) is 0 Å². The molecule has 0 aliphatic rings. The Bertz CT molecular complexity index is 235. The van der Waals surface area contributed by atoms with Crippen LogP contribution in [0.25, 0.3) is 0 Å². The molecule has 0 saturated heterocycles. The highest BCUT2D eigenvalue weighted by Crippen LogP contribution is 2.12. The van der Waals surface area contributed by atoms with E-state index in [-0.39, 0.29) is 0 Å². The van der Waals surface area contributed by atoms with Crippen molar-refractivity contribution in [3.8, 4) is 0 Å². The van der Waals surface area contributed by atoms with Crippen molar-refractivity contribution in [1.82, 2.24) is 0 Å². The average Bonchev–Trinajstić information content (AvgIpc) is 1.99. The van der Waals surface area contributed by atoms with Crippen LogP contribution >= 0.6 is 0 Å². The predicted octanol–water partition coefficient (Wildman–Crippen LogP) is -1.04. The molecule has 5 N–H and O–H groups in total. The molecule has 1 atom stereocenters. The van der Waals surface area contributed by atoms with Crippen molar-refractivity contribution in [3.63, 3.8) is 0 Å². The first-order chi connectivity index (χ1) is 6.34. The standard InChI is InChI=1S/C7H11NO6/c8-6(7(13)14)3(1-4(9)10)2-5(11)12/h3,6H,1-2,8H2,(H,9,10)(H,11,12)(H,13,14). The summed E-state index contributed by atoms with van der Waals surface area (Å²) in [5.41, 5.74) is 5.13. The van der Waals surface area contributed by atoms with Crippen LogP contribution in [0.4, 0.5) is 0 Å². The fourth-order valence-corrected chi connectivity index (χ4v) is 0.976. The number of carboxylic acid groups (broad SMARTS) is 3. The third-order valence-electron chi connectivity index (χ3n) is 1.67. The van der Waals surface area contributed by atoms with E-state index in [1.54, 1.807) is 0 Å². The number of nitrogens with two attached hydrogens (primary N) is 1. The van der Waals surface area contributed by atoms with Crippen molar-refractivity contribution in [1.29, 1.82) is 0 Å². The SMILES string of the molecule is NC(C(=O)O)C(CC(=O)O)CC(=O)O. The third-order valence-corrected chi connectivity index (χ3v) is 1.67. The lowest BCUT2D eigenvalue weighted by atomic mass is 9.93. The molecule has 0 aromatic rings. The summed E-state index contributed by atoms with van der Waals surface area (Å²) >= 11 is 0. The van der Waals surface area contributed by atoms with Crippen molar-refractivity contribution in [2.24, 2.45) is 11.7 Å². The molecule has 7 heteroatoms. The fourth-order valence-electron chi connectivity index (χ4n) is 0.976. The van der Waals surface area contributed by atoms with Crippen molar-refractivity contribution >= 4 is 17.9 Å². The lowest BCUT2D eigenvalue weighted by Gasteiger charge is -2.16. The van der Waals surface area contributed by atoms with E-state index in [9.17, 15) is 14.4 Å². The van der Waals surface area contributed by atoms with Gasteiger partial charge in [0.25, 0.3) is 0 Å². The normalized spacial score (nSPS) is 12.4. The van der Waals surface area contributed by atoms with Gasteiger partial charge in [-0.05, 0) is 0 Å². The van der Waals surface area contributed by atoms with E-state index in [0.717, 1.165) is 0 Å². The van der Waals surface area contributed by atoms with Crippen LogP contribution < -0.4 is 5.73 Å². The van der Waals surface area contributed by atoms with Crippen LogP contribution in [0, 0.1) is 5.92 Å². The van der Waals surface area contributed by atoms with Gasteiger partial charge in [-0.1, -0.05) is 0 Å². The second-order valence-electron chi connectivity index (χ2n) is 2.82. The summed E-state index contributed by atoms with van der Waals surface area (Å²) in [5.74, 6) is -5.04. The van der Waals surface area contributed by atoms with Gasteiger partial charge < -0.3 is 21.1 Å². The Kier molecular flexibility index (Phi) is 4.57. The molecule has 0 aromatic carbocycles. The maximum Gasteiger partial charge on any atom is 0.320 e. The van der Waals surface area contributed by atoms with Crippen LogP contribution in [0.1, 0.15) is 12.8 Å². The van der Waals surface area contributed by atoms with Crippen LogP contribution in [0.5, 0.6) is 0 Å². The second-order valence-corrected chi connectivity index (χ2v) is 2.82. The van der Waals surface area contributed by atoms with Crippen molar-refractivity contribution in [3.05, 3.63) is 0 Å². The van der Waals surface area contributed by atoms with Gasteiger partial charge in [-0.15, -0.1) is 0 Å². The number of hydrogen-bond donors (Lipinski definition) is 4. The van der Waals surface area contributed by atoms with Crippen LogP contribution in [-0.4, -0.2) is 39.3 Å². The zero-order valence-corrected chi connectivity index (χ0v) is 7.21. The van der Waals surface area contributed by atoms with Gasteiger partial charge in [0.1, 0.15) is 6.04 Å². The molecule has 0 aromatic heterocycles. The first kappa shape index (κ1) is 12.4. The van der Waals surface area contributed by atoms with Gasteiger partial charge in [0.2, 0.25) is 0 Å². The molecule has 7 nitrogen and oxygen atoms in total. The van der Waals surface area contributed by atoms with Crippen LogP contribution in [-0.2, 0) is 14.4 Å². The Morgan fingerprint density at radius 2 is 1.36 bits per heavy atom. The monoisotopic (exact) mass is 205 g/mol. The van der Waals surface area contributed by atoms with Gasteiger partial charge in [0.05, 0.1) is 12.8 Å². The molecule has 0 saturated carbocycles. The minimum Gasteiger partial charge on any atom is -0.481 e. The molecule has 0 rings (SSSR count). The molecule has 0 spiro atoms. The van der Waals surface area contributed by atoms with E-state index in [0.29, 0.717) is 0 Å². The van der Waals surface area contributed by atoms with E-state index < -0.39 is 42.7 Å². The minimum atomic E-state index is -1.47. The average molecular weight is 205 g/mol. The first-order valence-corrected chi connectivity index (χ1v) is 3.76. The smallest absolute Gasteiger partial charge is 0.320 e. The quantitative estimate of drug-likeness (QED) is 0.434. The van der Waals surface area contributed by atoms with Gasteiger partial charge in [0, 0.05) is 5.92 Å². The lowest BCUT2D eigenvalue weighted by Crippen LogP contribution is -2.40. The Morgan fingerprint density at radius 3 is 1.57 bits per heavy atom. The van der Waals surface area contributed by atoms with Crippen molar-refractivity contribution < 1.29 is 29.7 Å². The Balaban J connectivity index is 4.45. The van der Waals surface area contributed by atoms with Crippen LogP contribution in [0.2, 0.25) is 0 Å². The second kappa shape index (κ2) is 5.18. The highest BCUT2D eigenvalue weighted by molar-refractivity contribution is 5.77. The highest BCUT2D eigenvalue weighted by atomic mass is 16.4. The van der Waals surface area contributed by atoms with Gasteiger partial charge in [-0.3, -0.25) is 14.4 Å². The molecule has 0 amide bonds. The van der Waals surface area contributed by atoms with Crippen LogP contribution in [0.15, 0.2) is 0 Å². The number of carboxylic acids is 3. The summed E-state index contributed by atoms with van der Waals surface area (Å²) in [6.45, 7) is 0. The Morgan fingerprint density at radius 1 is 1.00 bits per heavy atom. The van der Waals surface area contributed by atoms with E-state index >= 15 is 0 Å². The molecule has 0 aliphatic heterocycles. The first-order valence-electron chi connectivity index (χ1n) is 3.76. The van der Waals surface area contributed by atoms with E-state index in [1.165, 1.54) is 0 Å². The number of rotatable bonds is 6. The predicted molar refractivity (Wildman–Crippen MR) is 43.6 cm³/mol. The molecular formula is C7H11NO6. The van der Waals surface area contributed by atoms with Crippen molar-refractivity contribution in [2.75, 3.05) is 0 Å². The minimum absolute atomic E-state index is 0.570. The largest absolute Gasteiger partial charge is 0.481 e. The maximum atomic E-state index is 10.4. The molecular weight excluding hydrogens is 194 g/mol. The molecule has 0 fully saturated rings. The van der Waals surface area contributed by atoms with Gasteiger partial charge in [0.15, 0.2) is 0 Å². The maximum absolute atomic E-state index is 10.4. The summed E-state index contributed by atoms with van der Waals surface area (Å²) in [5, 5.41) is 25.2. The summed E-state index contributed by atoms with van der Waals surface area (Å²) in [7, 11) is 0. The summed E-state index contributed by atoms with van der Waals surface area (Å²) in [6.07, 6.45) is -1.14. The van der Waals surface area contributed by atoms with Gasteiger partial charge in [-0.2, -0.15) is 0 Å². The van der Waals surface area contributed by atoms with Crippen LogP contribution in [0.3, 0.4) is 0 Å². The summed E-state index contributed by atoms with van der Waals surface area (Å²) in [6, 6.07) is -1.47. The number of aliphatic carboxylic acids is 3. The highest BCUT2D eigenvalue weighted by Gasteiger charge is 2.28. The molecule has 0 heterocycles. The topological polar surface area (TPSA) is 138 Å². The van der Waals surface area contributed by atoms with E-state index in [4.69, 9.17) is 21.1 Å².